The average Bonchev–Trinajstić information content (AvgIpc) is 3.21. The number of thiophene rings is 1. The minimum atomic E-state index is -0.147. The Morgan fingerprint density at radius 3 is 1.22 bits per heavy atom. The Kier molecular flexibility index (Phi) is 14.4. The molecule has 2 amide bonds. The summed E-state index contributed by atoms with van der Waals surface area (Å²) in [5, 5.41) is 0. The van der Waals surface area contributed by atoms with Crippen molar-refractivity contribution >= 4 is 55.0 Å². The van der Waals surface area contributed by atoms with E-state index in [0.29, 0.717) is 17.7 Å². The molecule has 0 spiro atoms. The van der Waals surface area contributed by atoms with Crippen LogP contribution in [0.5, 0.6) is 0 Å². The summed E-state index contributed by atoms with van der Waals surface area (Å²) in [4.78, 5) is 26.4. The fourth-order valence-electron chi connectivity index (χ4n) is 4.50. The molecule has 0 saturated carbocycles. The Morgan fingerprint density at radius 2 is 0.875 bits per heavy atom. The van der Waals surface area contributed by atoms with Crippen LogP contribution in [0.15, 0.2) is 7.57 Å². The normalized spacial score (nSPS) is 13.4. The summed E-state index contributed by atoms with van der Waals surface area (Å²) >= 11 is 8.21. The third kappa shape index (κ3) is 9.21. The van der Waals surface area contributed by atoms with E-state index in [1.807, 2.05) is 0 Å². The maximum Gasteiger partial charge on any atom is 0.263 e. The first kappa shape index (κ1) is 28.0. The number of amides is 2. The smallest absolute Gasteiger partial charge is 0.263 e. The lowest BCUT2D eigenvalue weighted by molar-refractivity contribution is 0.0650. The maximum absolute atomic E-state index is 12.5. The van der Waals surface area contributed by atoms with Gasteiger partial charge in [-0.25, -0.2) is 0 Å². The highest BCUT2D eigenvalue weighted by Crippen LogP contribution is 2.41. The summed E-state index contributed by atoms with van der Waals surface area (Å²) in [6, 6.07) is 0. The third-order valence-corrected chi connectivity index (χ3v) is 9.01. The molecule has 0 radical (unpaired) electrons. The molecule has 0 fully saturated rings. The first-order chi connectivity index (χ1) is 15.6. The summed E-state index contributed by atoms with van der Waals surface area (Å²) in [6.07, 6.45) is 24.1. The first-order valence-electron chi connectivity index (χ1n) is 12.9. The minimum absolute atomic E-state index is 0.147. The topological polar surface area (TPSA) is 37.4 Å². The summed E-state index contributed by atoms with van der Waals surface area (Å²) < 4.78 is 1.50. The lowest BCUT2D eigenvalue weighted by Gasteiger charge is -2.14. The molecule has 2 heterocycles. The highest BCUT2D eigenvalue weighted by Gasteiger charge is 2.40. The molecular formula is C26H41Br2NO2S. The number of unbranched alkanes of at least 4 members (excludes halogenated alkanes) is 17. The van der Waals surface area contributed by atoms with Crippen LogP contribution < -0.4 is 0 Å². The summed E-state index contributed by atoms with van der Waals surface area (Å²) in [5.41, 5.74) is 1.07. The zero-order chi connectivity index (χ0) is 23.2. The fourth-order valence-corrected chi connectivity index (χ4v) is 7.59. The van der Waals surface area contributed by atoms with E-state index in [2.05, 4.69) is 38.8 Å². The number of hydrogen-bond acceptors (Lipinski definition) is 3. The van der Waals surface area contributed by atoms with E-state index in [0.717, 1.165) is 20.4 Å². The van der Waals surface area contributed by atoms with Gasteiger partial charge in [0.05, 0.1) is 18.7 Å². The Balaban J connectivity index is 1.37. The van der Waals surface area contributed by atoms with E-state index in [9.17, 15) is 9.59 Å². The fraction of sp³-hybridized carbons (Fsp3) is 0.769. The molecular weight excluding hydrogens is 550 g/mol. The molecule has 0 bridgehead atoms. The van der Waals surface area contributed by atoms with Crippen LogP contribution in [0.4, 0.5) is 0 Å². The molecule has 1 aromatic heterocycles. The van der Waals surface area contributed by atoms with Crippen molar-refractivity contribution in [3.63, 3.8) is 0 Å². The van der Waals surface area contributed by atoms with Crippen LogP contribution >= 0.6 is 43.2 Å². The van der Waals surface area contributed by atoms with Crippen molar-refractivity contribution < 1.29 is 9.59 Å². The van der Waals surface area contributed by atoms with Crippen LogP contribution in [0.25, 0.3) is 0 Å². The zero-order valence-corrected chi connectivity index (χ0v) is 23.9. The van der Waals surface area contributed by atoms with Gasteiger partial charge in [-0.3, -0.25) is 14.5 Å². The average molecular weight is 591 g/mol. The number of imide groups is 1. The number of carbonyl (C=O) groups excluding carboxylic acids is 2. The predicted octanol–water partition coefficient (Wildman–Crippen LogP) is 9.91. The van der Waals surface area contributed by atoms with Crippen molar-refractivity contribution in [1.29, 1.82) is 0 Å². The molecule has 3 nitrogen and oxygen atoms in total. The zero-order valence-electron chi connectivity index (χ0n) is 19.9. The molecule has 0 aromatic carbocycles. The molecule has 0 saturated heterocycles. The van der Waals surface area contributed by atoms with Crippen LogP contribution in [0.1, 0.15) is 143 Å². The van der Waals surface area contributed by atoms with Crippen LogP contribution in [0.2, 0.25) is 0 Å². The van der Waals surface area contributed by atoms with Crippen LogP contribution in [0.3, 0.4) is 0 Å². The predicted molar refractivity (Wildman–Crippen MR) is 144 cm³/mol. The second-order valence-corrected chi connectivity index (χ2v) is 12.8. The van der Waals surface area contributed by atoms with E-state index in [1.54, 1.807) is 0 Å². The van der Waals surface area contributed by atoms with E-state index >= 15 is 0 Å². The number of rotatable bonds is 19. The Hall–Kier alpha value is -0.200. The molecule has 0 atom stereocenters. The first-order valence-corrected chi connectivity index (χ1v) is 15.3. The Bertz CT molecular complexity index is 668. The highest BCUT2D eigenvalue weighted by molar-refractivity contribution is 9.12. The van der Waals surface area contributed by atoms with Crippen molar-refractivity contribution in [2.45, 2.75) is 122 Å². The van der Waals surface area contributed by atoms with Gasteiger partial charge in [-0.15, -0.1) is 11.3 Å². The van der Waals surface area contributed by atoms with Gasteiger partial charge in [0.1, 0.15) is 0 Å². The summed E-state index contributed by atoms with van der Waals surface area (Å²) in [6.45, 7) is 2.82. The van der Waals surface area contributed by atoms with E-state index < -0.39 is 0 Å². The number of carbonyl (C=O) groups is 2. The van der Waals surface area contributed by atoms with Crippen LogP contribution in [-0.4, -0.2) is 23.3 Å². The number of halogens is 2. The van der Waals surface area contributed by atoms with E-state index in [1.165, 1.54) is 119 Å². The minimum Gasteiger partial charge on any atom is -0.274 e. The van der Waals surface area contributed by atoms with Gasteiger partial charge in [0, 0.05) is 6.54 Å². The standard InChI is InChI=1S/C26H41Br2NO2S/c1-2-3-4-5-6-7-8-9-10-11-12-13-14-15-16-17-18-19-20-29-25(30)21-22(26(29)31)24(28)32-23(21)27/h2-20H2,1H3. The SMILES string of the molecule is CCCCCCCCCCCCCCCCCCCCN1C(=O)c2c(Br)sc(Br)c2C1=O. The molecule has 182 valence electrons. The number of nitrogens with zero attached hydrogens (tertiary/aromatic N) is 1. The van der Waals surface area contributed by atoms with Crippen molar-refractivity contribution in [1.82, 2.24) is 4.90 Å². The Morgan fingerprint density at radius 1 is 0.562 bits per heavy atom. The third-order valence-electron chi connectivity index (χ3n) is 6.48. The van der Waals surface area contributed by atoms with Gasteiger partial charge in [0.15, 0.2) is 0 Å². The molecule has 32 heavy (non-hydrogen) atoms. The van der Waals surface area contributed by atoms with Gasteiger partial charge in [-0.1, -0.05) is 116 Å². The molecule has 1 aliphatic rings. The van der Waals surface area contributed by atoms with Gasteiger partial charge < -0.3 is 0 Å². The molecule has 2 rings (SSSR count). The van der Waals surface area contributed by atoms with Crippen molar-refractivity contribution in [3.8, 4) is 0 Å². The van der Waals surface area contributed by atoms with Crippen molar-refractivity contribution in [3.05, 3.63) is 18.7 Å². The van der Waals surface area contributed by atoms with Crippen molar-refractivity contribution in [2.75, 3.05) is 6.54 Å². The Labute approximate surface area is 216 Å². The molecule has 1 aromatic rings. The number of hydrogen-bond donors (Lipinski definition) is 0. The molecule has 0 N–H and O–H groups in total. The second-order valence-electron chi connectivity index (χ2n) is 9.17. The van der Waals surface area contributed by atoms with Gasteiger partial charge in [0.25, 0.3) is 11.8 Å². The summed E-state index contributed by atoms with van der Waals surface area (Å²) in [5.74, 6) is -0.295. The van der Waals surface area contributed by atoms with Gasteiger partial charge in [0.2, 0.25) is 0 Å². The van der Waals surface area contributed by atoms with E-state index in [-0.39, 0.29) is 11.8 Å². The van der Waals surface area contributed by atoms with Gasteiger partial charge >= 0.3 is 0 Å². The molecule has 0 aliphatic carbocycles. The molecule has 6 heteroatoms. The monoisotopic (exact) mass is 589 g/mol. The van der Waals surface area contributed by atoms with Crippen molar-refractivity contribution in [2.24, 2.45) is 0 Å². The largest absolute Gasteiger partial charge is 0.274 e. The lowest BCUT2D eigenvalue weighted by atomic mass is 10.0. The van der Waals surface area contributed by atoms with Crippen LogP contribution in [-0.2, 0) is 0 Å². The quantitative estimate of drug-likeness (QED) is 0.119. The van der Waals surface area contributed by atoms with Gasteiger partial charge in [-0.05, 0) is 38.3 Å². The number of fused-ring (bicyclic) bond motifs is 1. The lowest BCUT2D eigenvalue weighted by Crippen LogP contribution is -2.31. The second kappa shape index (κ2) is 16.4. The summed E-state index contributed by atoms with van der Waals surface area (Å²) in [7, 11) is 0. The highest BCUT2D eigenvalue weighted by atomic mass is 79.9. The molecule has 0 unspecified atom stereocenters. The van der Waals surface area contributed by atoms with E-state index in [4.69, 9.17) is 0 Å². The van der Waals surface area contributed by atoms with Gasteiger partial charge in [-0.2, -0.15) is 0 Å². The van der Waals surface area contributed by atoms with Crippen LogP contribution in [0, 0.1) is 0 Å². The maximum atomic E-state index is 12.5. The molecule has 1 aliphatic heterocycles.